The molecule has 2 atom stereocenters. The predicted octanol–water partition coefficient (Wildman–Crippen LogP) is 5.93. The largest absolute Gasteiger partial charge is 0.394 e. The Bertz CT molecular complexity index is 1300. The van der Waals surface area contributed by atoms with E-state index in [1.807, 2.05) is 42.5 Å². The number of carbonyl (C=O) groups excluding carboxylic acids is 1. The van der Waals surface area contributed by atoms with Crippen LogP contribution in [0.25, 0.3) is 11.0 Å². The Morgan fingerprint density at radius 2 is 1.69 bits per heavy atom. The lowest BCUT2D eigenvalue weighted by Gasteiger charge is -2.26. The number of carbonyl (C=O) groups is 1. The van der Waals surface area contributed by atoms with Crippen molar-refractivity contribution in [3.63, 3.8) is 0 Å². The first-order valence-corrected chi connectivity index (χ1v) is 13.9. The number of hydrogen-bond donors (Lipinski definition) is 2. The summed E-state index contributed by atoms with van der Waals surface area (Å²) in [5.74, 6) is 0.115. The lowest BCUT2D eigenvalue weighted by Crippen LogP contribution is -2.37. The van der Waals surface area contributed by atoms with Crippen LogP contribution in [0, 0.1) is 5.92 Å². The fourth-order valence-corrected chi connectivity index (χ4v) is 6.06. The van der Waals surface area contributed by atoms with Crippen molar-refractivity contribution in [2.75, 3.05) is 12.9 Å². The molecule has 36 heavy (non-hydrogen) atoms. The highest BCUT2D eigenvalue weighted by atomic mass is 32.2. The van der Waals surface area contributed by atoms with E-state index < -0.39 is 6.04 Å². The van der Waals surface area contributed by atoms with E-state index in [-0.39, 0.29) is 18.4 Å². The summed E-state index contributed by atoms with van der Waals surface area (Å²) in [4.78, 5) is 18.4. The third-order valence-corrected chi connectivity index (χ3v) is 8.01. The van der Waals surface area contributed by atoms with E-state index in [1.165, 1.54) is 18.4 Å². The summed E-state index contributed by atoms with van der Waals surface area (Å²) in [5.41, 5.74) is 5.29. The number of aromatic nitrogens is 2. The Morgan fingerprint density at radius 3 is 2.39 bits per heavy atom. The maximum atomic E-state index is 13.6. The van der Waals surface area contributed by atoms with Gasteiger partial charge in [0.05, 0.1) is 36.1 Å². The van der Waals surface area contributed by atoms with Crippen molar-refractivity contribution in [2.45, 2.75) is 49.3 Å². The molecule has 1 fully saturated rings. The fraction of sp³-hybridized carbons (Fsp3) is 0.333. The molecule has 4 aromatic rings. The second kappa shape index (κ2) is 11.3. The van der Waals surface area contributed by atoms with Gasteiger partial charge in [0.1, 0.15) is 0 Å². The molecule has 0 saturated heterocycles. The number of fused-ring (bicyclic) bond motifs is 1. The summed E-state index contributed by atoms with van der Waals surface area (Å²) in [6.07, 6.45) is 6.51. The molecule has 0 aliphatic heterocycles. The zero-order valence-electron chi connectivity index (χ0n) is 20.6. The molecule has 0 spiro atoms. The Hall–Kier alpha value is -3.09. The van der Waals surface area contributed by atoms with Gasteiger partial charge in [0, 0.05) is 0 Å². The van der Waals surface area contributed by atoms with Gasteiger partial charge in [0.15, 0.2) is 5.16 Å². The van der Waals surface area contributed by atoms with Crippen molar-refractivity contribution < 1.29 is 9.90 Å². The van der Waals surface area contributed by atoms with Crippen LogP contribution >= 0.6 is 11.8 Å². The first-order valence-electron chi connectivity index (χ1n) is 12.7. The summed E-state index contributed by atoms with van der Waals surface area (Å²) in [7, 11) is 0. The molecule has 2 N–H and O–H groups in total. The number of aliphatic hydroxyl groups excluding tert-OH is 1. The third-order valence-electron chi connectivity index (χ3n) is 7.34. The van der Waals surface area contributed by atoms with E-state index in [1.54, 1.807) is 11.8 Å². The second-order valence-electron chi connectivity index (χ2n) is 9.59. The van der Waals surface area contributed by atoms with Crippen LogP contribution in [0.3, 0.4) is 0 Å². The van der Waals surface area contributed by atoms with Crippen molar-refractivity contribution in [2.24, 2.45) is 5.92 Å². The smallest absolute Gasteiger partial charge is 0.228 e. The van der Waals surface area contributed by atoms with Crippen LogP contribution in [0.2, 0.25) is 0 Å². The van der Waals surface area contributed by atoms with Gasteiger partial charge in [-0.05, 0) is 53.8 Å². The summed E-state index contributed by atoms with van der Waals surface area (Å²) in [5, 5.41) is 14.1. The zero-order valence-corrected chi connectivity index (χ0v) is 21.5. The number of hydrogen-bond acceptors (Lipinski definition) is 4. The number of imidazole rings is 1. The number of rotatable bonds is 9. The minimum atomic E-state index is -0.402. The number of aliphatic hydroxyl groups is 1. The highest BCUT2D eigenvalue weighted by molar-refractivity contribution is 7.98. The van der Waals surface area contributed by atoms with Gasteiger partial charge in [0.2, 0.25) is 5.91 Å². The average Bonchev–Trinajstić information content (AvgIpc) is 3.57. The van der Waals surface area contributed by atoms with E-state index >= 15 is 0 Å². The highest BCUT2D eigenvalue weighted by Gasteiger charge is 2.33. The Labute approximate surface area is 217 Å². The van der Waals surface area contributed by atoms with E-state index in [4.69, 9.17) is 4.98 Å². The van der Waals surface area contributed by atoms with E-state index in [9.17, 15) is 9.90 Å². The van der Waals surface area contributed by atoms with Crippen LogP contribution < -0.4 is 5.32 Å². The Balaban J connectivity index is 1.38. The number of amides is 1. The van der Waals surface area contributed by atoms with Gasteiger partial charge >= 0.3 is 0 Å². The van der Waals surface area contributed by atoms with Gasteiger partial charge in [-0.1, -0.05) is 91.3 Å². The molecule has 1 heterocycles. The molecule has 6 heteroatoms. The van der Waals surface area contributed by atoms with E-state index in [0.717, 1.165) is 46.7 Å². The summed E-state index contributed by atoms with van der Waals surface area (Å²) >= 11 is 1.65. The van der Waals surface area contributed by atoms with Crippen LogP contribution in [0.1, 0.15) is 54.3 Å². The van der Waals surface area contributed by atoms with Crippen LogP contribution in [-0.4, -0.2) is 33.4 Å². The molecular formula is C30H33N3O2S. The number of nitrogens with zero attached hydrogens (tertiary/aromatic N) is 2. The van der Waals surface area contributed by atoms with Crippen LogP contribution in [0.5, 0.6) is 0 Å². The van der Waals surface area contributed by atoms with Crippen molar-refractivity contribution in [3.05, 3.63) is 95.6 Å². The first-order chi connectivity index (χ1) is 17.7. The molecule has 0 bridgehead atoms. The normalized spacial score (nSPS) is 15.7. The van der Waals surface area contributed by atoms with Crippen LogP contribution in [0.15, 0.2) is 84.0 Å². The standard InChI is InChI=1S/C30H33N3O2S/c1-36-30-32-25-13-7-8-14-27(25)33(30)19-21-15-17-24(18-16-21)28(23-11-5-6-12-23)29(35)31-26(20-34)22-9-3-2-4-10-22/h2-4,7-10,13-18,23,26,28,34H,5-6,11-12,19-20H2,1H3,(H,31,35). The van der Waals surface area contributed by atoms with Crippen molar-refractivity contribution in [1.29, 1.82) is 0 Å². The fourth-order valence-electron chi connectivity index (χ4n) is 5.48. The SMILES string of the molecule is CSc1nc2ccccc2n1Cc1ccc(C(C(=O)NC(CO)c2ccccc2)C2CCCC2)cc1. The predicted molar refractivity (Wildman–Crippen MR) is 146 cm³/mol. The van der Waals surface area contributed by atoms with Crippen molar-refractivity contribution in [1.82, 2.24) is 14.9 Å². The van der Waals surface area contributed by atoms with Gasteiger partial charge in [-0.2, -0.15) is 0 Å². The molecule has 1 saturated carbocycles. The van der Waals surface area contributed by atoms with E-state index in [0.29, 0.717) is 5.92 Å². The summed E-state index contributed by atoms with van der Waals surface area (Å²) < 4.78 is 2.25. The van der Waals surface area contributed by atoms with Crippen molar-refractivity contribution in [3.8, 4) is 0 Å². The monoisotopic (exact) mass is 499 g/mol. The molecule has 2 unspecified atom stereocenters. The van der Waals surface area contributed by atoms with Gasteiger partial charge in [-0.25, -0.2) is 4.98 Å². The quantitative estimate of drug-likeness (QED) is 0.280. The van der Waals surface area contributed by atoms with Crippen molar-refractivity contribution >= 4 is 28.7 Å². The van der Waals surface area contributed by atoms with Gasteiger partial charge in [-0.3, -0.25) is 4.79 Å². The van der Waals surface area contributed by atoms with E-state index in [2.05, 4.69) is 52.5 Å². The Morgan fingerprint density at radius 1 is 1.00 bits per heavy atom. The molecule has 5 rings (SSSR count). The lowest BCUT2D eigenvalue weighted by atomic mass is 9.83. The molecular weight excluding hydrogens is 466 g/mol. The third kappa shape index (κ3) is 5.20. The summed E-state index contributed by atoms with van der Waals surface area (Å²) in [6.45, 7) is 0.612. The topological polar surface area (TPSA) is 67.2 Å². The maximum absolute atomic E-state index is 13.6. The number of thioether (sulfide) groups is 1. The molecule has 1 amide bonds. The molecule has 186 valence electrons. The minimum Gasteiger partial charge on any atom is -0.394 e. The van der Waals surface area contributed by atoms with Gasteiger partial charge in [-0.15, -0.1) is 0 Å². The zero-order chi connectivity index (χ0) is 24.9. The molecule has 3 aromatic carbocycles. The molecule has 5 nitrogen and oxygen atoms in total. The van der Waals surface area contributed by atoms with Crippen LogP contribution in [-0.2, 0) is 11.3 Å². The number of benzene rings is 3. The van der Waals surface area contributed by atoms with Gasteiger partial charge < -0.3 is 15.0 Å². The number of para-hydroxylation sites is 2. The lowest BCUT2D eigenvalue weighted by molar-refractivity contribution is -0.124. The summed E-state index contributed by atoms with van der Waals surface area (Å²) in [6, 6.07) is 26.1. The molecule has 1 aliphatic carbocycles. The average molecular weight is 500 g/mol. The molecule has 0 radical (unpaired) electrons. The second-order valence-corrected chi connectivity index (χ2v) is 10.4. The number of nitrogens with one attached hydrogen (secondary N) is 1. The highest BCUT2D eigenvalue weighted by Crippen LogP contribution is 2.38. The molecule has 1 aromatic heterocycles. The van der Waals surface area contributed by atoms with Crippen LogP contribution in [0.4, 0.5) is 0 Å². The minimum absolute atomic E-state index is 0.00262. The first kappa shape index (κ1) is 24.6. The maximum Gasteiger partial charge on any atom is 0.228 e. The Kier molecular flexibility index (Phi) is 7.73. The van der Waals surface area contributed by atoms with Gasteiger partial charge in [0.25, 0.3) is 0 Å². The molecule has 1 aliphatic rings.